The SMILES string of the molecule is C[C@@H]1C=CC[C@@H]2C(=O)N(N(C(=O)c3ccc(Cl)c(Cl)c3)[C@@H](C)C(=O)c3ccc(Cl)cc3)C(=O)[C@@H]12. The van der Waals surface area contributed by atoms with Gasteiger partial charge in [0, 0.05) is 16.1 Å². The molecule has 4 atom stereocenters. The maximum Gasteiger partial charge on any atom is 0.273 e. The highest BCUT2D eigenvalue weighted by Gasteiger charge is 2.54. The molecule has 3 amide bonds. The van der Waals surface area contributed by atoms with Crippen molar-refractivity contribution in [1.29, 1.82) is 0 Å². The van der Waals surface area contributed by atoms with Crippen molar-refractivity contribution in [1.82, 2.24) is 10.0 Å². The highest BCUT2D eigenvalue weighted by Crippen LogP contribution is 2.40. The number of amides is 3. The molecule has 0 unspecified atom stereocenters. The van der Waals surface area contributed by atoms with Gasteiger partial charge in [0.05, 0.1) is 21.9 Å². The first-order valence-corrected chi connectivity index (χ1v) is 11.9. The lowest BCUT2D eigenvalue weighted by Crippen LogP contribution is -2.56. The number of rotatable bonds is 5. The van der Waals surface area contributed by atoms with Crippen molar-refractivity contribution in [3.05, 3.63) is 80.8 Å². The highest BCUT2D eigenvalue weighted by molar-refractivity contribution is 6.42. The van der Waals surface area contributed by atoms with Crippen molar-refractivity contribution in [3.63, 3.8) is 0 Å². The second-order valence-electron chi connectivity index (χ2n) is 8.47. The minimum Gasteiger partial charge on any atom is -0.292 e. The van der Waals surface area contributed by atoms with Crippen LogP contribution in [0.25, 0.3) is 0 Å². The monoisotopic (exact) mass is 518 g/mol. The van der Waals surface area contributed by atoms with Crippen molar-refractivity contribution in [2.45, 2.75) is 26.3 Å². The molecular weight excluding hydrogens is 499 g/mol. The number of halogens is 3. The first kappa shape index (κ1) is 24.5. The van der Waals surface area contributed by atoms with Gasteiger partial charge < -0.3 is 0 Å². The molecule has 1 fully saturated rings. The maximum absolute atomic E-state index is 13.7. The van der Waals surface area contributed by atoms with Crippen LogP contribution in [-0.4, -0.2) is 39.6 Å². The summed E-state index contributed by atoms with van der Waals surface area (Å²) in [6.45, 7) is 3.34. The number of hydrogen-bond acceptors (Lipinski definition) is 4. The van der Waals surface area contributed by atoms with Crippen LogP contribution in [0.1, 0.15) is 41.0 Å². The Bertz CT molecular complexity index is 1210. The molecule has 0 aromatic heterocycles. The minimum atomic E-state index is -1.17. The van der Waals surface area contributed by atoms with Crippen LogP contribution in [0.5, 0.6) is 0 Å². The fourth-order valence-electron chi connectivity index (χ4n) is 4.51. The lowest BCUT2D eigenvalue weighted by atomic mass is 9.78. The van der Waals surface area contributed by atoms with Gasteiger partial charge in [0.2, 0.25) is 0 Å². The predicted molar refractivity (Wildman–Crippen MR) is 130 cm³/mol. The Labute approximate surface area is 212 Å². The molecule has 2 aliphatic rings. The minimum absolute atomic E-state index is 0.0896. The van der Waals surface area contributed by atoms with E-state index < -0.39 is 41.4 Å². The Kier molecular flexibility index (Phi) is 6.85. The van der Waals surface area contributed by atoms with E-state index in [-0.39, 0.29) is 27.1 Å². The smallest absolute Gasteiger partial charge is 0.273 e. The van der Waals surface area contributed by atoms with Crippen molar-refractivity contribution in [2.24, 2.45) is 17.8 Å². The van der Waals surface area contributed by atoms with E-state index >= 15 is 0 Å². The van der Waals surface area contributed by atoms with Gasteiger partial charge in [-0.05, 0) is 61.7 Å². The van der Waals surface area contributed by atoms with E-state index in [1.165, 1.54) is 37.3 Å². The Morgan fingerprint density at radius 3 is 2.24 bits per heavy atom. The number of allylic oxidation sites excluding steroid dienone is 2. The van der Waals surface area contributed by atoms with Gasteiger partial charge in [-0.2, -0.15) is 5.01 Å². The van der Waals surface area contributed by atoms with Crippen LogP contribution in [0.15, 0.2) is 54.6 Å². The number of hydrazine groups is 1. The zero-order chi connectivity index (χ0) is 24.7. The van der Waals surface area contributed by atoms with E-state index in [1.54, 1.807) is 12.1 Å². The molecule has 0 N–H and O–H groups in total. The Hall–Kier alpha value is -2.67. The van der Waals surface area contributed by atoms with E-state index in [2.05, 4.69) is 0 Å². The summed E-state index contributed by atoms with van der Waals surface area (Å²) in [4.78, 5) is 53.9. The molecule has 1 saturated heterocycles. The molecule has 9 heteroatoms. The van der Waals surface area contributed by atoms with Crippen LogP contribution < -0.4 is 0 Å². The second kappa shape index (κ2) is 9.53. The van der Waals surface area contributed by atoms with Crippen LogP contribution in [0, 0.1) is 17.8 Å². The lowest BCUT2D eigenvalue weighted by molar-refractivity contribution is -0.156. The molecule has 0 radical (unpaired) electrons. The van der Waals surface area contributed by atoms with E-state index in [9.17, 15) is 19.2 Å². The number of ketones is 1. The molecule has 0 spiro atoms. The molecule has 4 rings (SSSR count). The summed E-state index contributed by atoms with van der Waals surface area (Å²) in [5, 5.41) is 2.63. The van der Waals surface area contributed by atoms with Crippen LogP contribution >= 0.6 is 34.8 Å². The molecule has 2 aromatic carbocycles. The lowest BCUT2D eigenvalue weighted by Gasteiger charge is -2.35. The summed E-state index contributed by atoms with van der Waals surface area (Å²) in [7, 11) is 0. The fraction of sp³-hybridized carbons (Fsp3) is 0.280. The zero-order valence-corrected chi connectivity index (χ0v) is 20.6. The maximum atomic E-state index is 13.7. The van der Waals surface area contributed by atoms with Gasteiger partial charge in [0.15, 0.2) is 5.78 Å². The largest absolute Gasteiger partial charge is 0.292 e. The van der Waals surface area contributed by atoms with Crippen LogP contribution in [-0.2, 0) is 9.59 Å². The van der Waals surface area contributed by atoms with Crippen molar-refractivity contribution < 1.29 is 19.2 Å². The summed E-state index contributed by atoms with van der Waals surface area (Å²) in [6, 6.07) is 9.23. The van der Waals surface area contributed by atoms with Gasteiger partial charge in [0.1, 0.15) is 6.04 Å². The van der Waals surface area contributed by atoms with E-state index in [0.29, 0.717) is 11.4 Å². The Morgan fingerprint density at radius 1 is 0.971 bits per heavy atom. The standard InChI is InChI=1S/C25H21Cl3N2O4/c1-13-4-3-5-18-21(13)25(34)30(24(18)33)29(23(32)16-8-11-19(27)20(28)12-16)14(2)22(31)15-6-9-17(26)10-7-15/h3-4,6-14,18,21H,5H2,1-2H3/t13-,14+,18+,21+/m1/s1. The average molecular weight is 520 g/mol. The Morgan fingerprint density at radius 2 is 1.62 bits per heavy atom. The molecule has 2 aromatic rings. The normalized spacial score (nSPS) is 22.5. The third kappa shape index (κ3) is 4.26. The van der Waals surface area contributed by atoms with Gasteiger partial charge in [-0.15, -0.1) is 0 Å². The number of hydrogen-bond donors (Lipinski definition) is 0. The van der Waals surface area contributed by atoms with E-state index in [0.717, 1.165) is 10.0 Å². The molecule has 1 heterocycles. The molecule has 0 saturated carbocycles. The van der Waals surface area contributed by atoms with E-state index in [1.807, 2.05) is 19.1 Å². The number of nitrogens with zero attached hydrogens (tertiary/aromatic N) is 2. The number of fused-ring (bicyclic) bond motifs is 1. The van der Waals surface area contributed by atoms with Crippen LogP contribution in [0.4, 0.5) is 0 Å². The molecular formula is C25H21Cl3N2O4. The van der Waals surface area contributed by atoms with E-state index in [4.69, 9.17) is 34.8 Å². The summed E-state index contributed by atoms with van der Waals surface area (Å²) in [5.74, 6) is -3.54. The van der Waals surface area contributed by atoms with Crippen LogP contribution in [0.2, 0.25) is 15.1 Å². The summed E-state index contributed by atoms with van der Waals surface area (Å²) >= 11 is 18.0. The second-order valence-corrected chi connectivity index (χ2v) is 9.72. The van der Waals surface area contributed by atoms with Crippen molar-refractivity contribution >= 4 is 58.3 Å². The molecule has 1 aliphatic carbocycles. The third-order valence-corrected chi connectivity index (χ3v) is 7.31. The topological polar surface area (TPSA) is 74.8 Å². The number of imide groups is 1. The third-order valence-electron chi connectivity index (χ3n) is 6.31. The summed E-state index contributed by atoms with van der Waals surface area (Å²) < 4.78 is 0. The molecule has 6 nitrogen and oxygen atoms in total. The van der Waals surface area contributed by atoms with Crippen molar-refractivity contribution in [2.75, 3.05) is 0 Å². The molecule has 34 heavy (non-hydrogen) atoms. The highest BCUT2D eigenvalue weighted by atomic mass is 35.5. The number of carbonyl (C=O) groups is 4. The molecule has 0 bridgehead atoms. The van der Waals surface area contributed by atoms with Gasteiger partial charge in [-0.1, -0.05) is 53.9 Å². The van der Waals surface area contributed by atoms with Gasteiger partial charge >= 0.3 is 0 Å². The fourth-order valence-corrected chi connectivity index (χ4v) is 4.94. The molecule has 1 aliphatic heterocycles. The van der Waals surface area contributed by atoms with Crippen LogP contribution in [0.3, 0.4) is 0 Å². The van der Waals surface area contributed by atoms with Crippen molar-refractivity contribution in [3.8, 4) is 0 Å². The van der Waals surface area contributed by atoms with Gasteiger partial charge in [-0.25, -0.2) is 5.01 Å². The summed E-state index contributed by atoms with van der Waals surface area (Å²) in [5.41, 5.74) is 0.377. The number of benzene rings is 2. The summed E-state index contributed by atoms with van der Waals surface area (Å²) in [6.07, 6.45) is 4.15. The predicted octanol–water partition coefficient (Wildman–Crippen LogP) is 5.47. The molecule has 176 valence electrons. The first-order valence-electron chi connectivity index (χ1n) is 10.7. The average Bonchev–Trinajstić information content (AvgIpc) is 3.07. The van der Waals surface area contributed by atoms with Gasteiger partial charge in [-0.3, -0.25) is 19.2 Å². The number of Topliss-reactive ketones (excluding diaryl/α,β-unsaturated/α-hetero) is 1. The zero-order valence-electron chi connectivity index (χ0n) is 18.4. The van der Waals surface area contributed by atoms with Gasteiger partial charge in [0.25, 0.3) is 17.7 Å². The quantitative estimate of drug-likeness (QED) is 0.298. The number of carbonyl (C=O) groups excluding carboxylic acids is 4. The Balaban J connectivity index is 1.78. The first-order chi connectivity index (χ1) is 16.1.